The van der Waals surface area contributed by atoms with Crippen molar-refractivity contribution in [1.29, 1.82) is 0 Å². The third-order valence-corrected chi connectivity index (χ3v) is 4.16. The van der Waals surface area contributed by atoms with Gasteiger partial charge in [-0.3, -0.25) is 9.59 Å². The van der Waals surface area contributed by atoms with Crippen molar-refractivity contribution >= 4 is 11.8 Å². The zero-order chi connectivity index (χ0) is 13.1. The van der Waals surface area contributed by atoms with Crippen LogP contribution in [0.25, 0.3) is 0 Å². The molecule has 2 aliphatic rings. The van der Waals surface area contributed by atoms with Crippen molar-refractivity contribution in [1.82, 2.24) is 16.0 Å². The van der Waals surface area contributed by atoms with E-state index in [1.165, 1.54) is 0 Å². The second-order valence-electron chi connectivity index (χ2n) is 5.58. The van der Waals surface area contributed by atoms with Crippen LogP contribution in [-0.2, 0) is 9.59 Å². The molecule has 2 aliphatic heterocycles. The highest BCUT2D eigenvalue weighted by atomic mass is 16.2. The Morgan fingerprint density at radius 1 is 1.33 bits per heavy atom. The van der Waals surface area contributed by atoms with E-state index in [0.29, 0.717) is 31.3 Å². The summed E-state index contributed by atoms with van der Waals surface area (Å²) in [5.74, 6) is 0.579. The predicted molar refractivity (Wildman–Crippen MR) is 68.9 cm³/mol. The summed E-state index contributed by atoms with van der Waals surface area (Å²) in [5, 5.41) is 9.30. The third kappa shape index (κ3) is 3.02. The van der Waals surface area contributed by atoms with Crippen LogP contribution in [0.3, 0.4) is 0 Å². The molecule has 2 heterocycles. The van der Waals surface area contributed by atoms with Crippen LogP contribution in [0.5, 0.6) is 0 Å². The summed E-state index contributed by atoms with van der Waals surface area (Å²) in [6, 6.07) is 0.514. The maximum atomic E-state index is 12.2. The molecule has 2 fully saturated rings. The maximum Gasteiger partial charge on any atom is 0.225 e. The van der Waals surface area contributed by atoms with E-state index in [9.17, 15) is 9.59 Å². The highest BCUT2D eigenvalue weighted by Gasteiger charge is 2.32. The Kier molecular flexibility index (Phi) is 4.22. The highest BCUT2D eigenvalue weighted by Crippen LogP contribution is 2.18. The lowest BCUT2D eigenvalue weighted by Crippen LogP contribution is -2.57. The van der Waals surface area contributed by atoms with E-state index in [1.807, 2.05) is 0 Å². The molecule has 18 heavy (non-hydrogen) atoms. The van der Waals surface area contributed by atoms with Crippen molar-refractivity contribution in [2.24, 2.45) is 11.8 Å². The van der Waals surface area contributed by atoms with Gasteiger partial charge < -0.3 is 16.0 Å². The van der Waals surface area contributed by atoms with E-state index in [2.05, 4.69) is 29.8 Å². The first kappa shape index (κ1) is 13.3. The van der Waals surface area contributed by atoms with E-state index in [1.54, 1.807) is 0 Å². The number of amides is 2. The smallest absolute Gasteiger partial charge is 0.225 e. The highest BCUT2D eigenvalue weighted by molar-refractivity contribution is 5.83. The second-order valence-corrected chi connectivity index (χ2v) is 5.58. The number of carbonyl (C=O) groups is 2. The molecule has 0 aromatic rings. The summed E-state index contributed by atoms with van der Waals surface area (Å²) >= 11 is 0. The van der Waals surface area contributed by atoms with Gasteiger partial charge in [-0.15, -0.1) is 0 Å². The van der Waals surface area contributed by atoms with E-state index in [-0.39, 0.29) is 23.8 Å². The Morgan fingerprint density at radius 2 is 2.11 bits per heavy atom. The van der Waals surface area contributed by atoms with Gasteiger partial charge in [0.15, 0.2) is 0 Å². The lowest BCUT2D eigenvalue weighted by molar-refractivity contribution is -0.130. The van der Waals surface area contributed by atoms with Crippen LogP contribution in [0.15, 0.2) is 0 Å². The Labute approximate surface area is 108 Å². The predicted octanol–water partition coefficient (Wildman–Crippen LogP) is 0.0153. The molecular formula is C13H23N3O2. The van der Waals surface area contributed by atoms with Gasteiger partial charge in [-0.05, 0) is 32.2 Å². The quantitative estimate of drug-likeness (QED) is 0.649. The van der Waals surface area contributed by atoms with Gasteiger partial charge in [0.1, 0.15) is 0 Å². The van der Waals surface area contributed by atoms with Crippen LogP contribution in [0.1, 0.15) is 33.1 Å². The summed E-state index contributed by atoms with van der Waals surface area (Å²) in [5.41, 5.74) is 0. The largest absolute Gasteiger partial charge is 0.355 e. The molecule has 0 bridgehead atoms. The SMILES string of the molecule is CC1CCNC(C)C1NC(=O)C1CCC(=O)NC1. The topological polar surface area (TPSA) is 70.2 Å². The Morgan fingerprint density at radius 3 is 2.72 bits per heavy atom. The molecule has 0 radical (unpaired) electrons. The van der Waals surface area contributed by atoms with Crippen LogP contribution in [0.4, 0.5) is 0 Å². The number of hydrogen-bond acceptors (Lipinski definition) is 3. The number of piperidine rings is 2. The first-order chi connectivity index (χ1) is 8.58. The number of nitrogens with one attached hydrogen (secondary N) is 3. The lowest BCUT2D eigenvalue weighted by Gasteiger charge is -2.37. The molecule has 2 saturated heterocycles. The fourth-order valence-corrected chi connectivity index (χ4v) is 2.84. The average molecular weight is 253 g/mol. The normalized spacial score (nSPS) is 36.9. The molecule has 0 saturated carbocycles. The number of rotatable bonds is 2. The van der Waals surface area contributed by atoms with E-state index < -0.39 is 0 Å². The fraction of sp³-hybridized carbons (Fsp3) is 0.846. The number of carbonyl (C=O) groups excluding carboxylic acids is 2. The Balaban J connectivity index is 1.88. The Hall–Kier alpha value is -1.10. The molecule has 5 heteroatoms. The lowest BCUT2D eigenvalue weighted by atomic mass is 9.88. The molecule has 4 atom stereocenters. The standard InChI is InChI=1S/C13H23N3O2/c1-8-5-6-14-9(2)12(8)16-13(18)10-3-4-11(17)15-7-10/h8-10,12,14H,3-7H2,1-2H3,(H,15,17)(H,16,18). The van der Waals surface area contributed by atoms with E-state index in [4.69, 9.17) is 0 Å². The molecule has 0 aliphatic carbocycles. The molecule has 4 unspecified atom stereocenters. The van der Waals surface area contributed by atoms with Gasteiger partial charge in [0.05, 0.1) is 5.92 Å². The van der Waals surface area contributed by atoms with Crippen LogP contribution in [-0.4, -0.2) is 37.0 Å². The van der Waals surface area contributed by atoms with Gasteiger partial charge in [0.25, 0.3) is 0 Å². The van der Waals surface area contributed by atoms with Gasteiger partial charge in [-0.25, -0.2) is 0 Å². The Bertz CT molecular complexity index is 312. The molecule has 2 rings (SSSR count). The summed E-state index contributed by atoms with van der Waals surface area (Å²) < 4.78 is 0. The minimum Gasteiger partial charge on any atom is -0.355 e. The molecule has 102 valence electrons. The van der Waals surface area contributed by atoms with E-state index in [0.717, 1.165) is 13.0 Å². The van der Waals surface area contributed by atoms with Crippen LogP contribution in [0, 0.1) is 11.8 Å². The summed E-state index contributed by atoms with van der Waals surface area (Å²) in [4.78, 5) is 23.2. The van der Waals surface area contributed by atoms with Crippen molar-refractivity contribution < 1.29 is 9.59 Å². The fourth-order valence-electron chi connectivity index (χ4n) is 2.84. The molecule has 3 N–H and O–H groups in total. The second kappa shape index (κ2) is 5.69. The van der Waals surface area contributed by atoms with Gasteiger partial charge in [0.2, 0.25) is 11.8 Å². The van der Waals surface area contributed by atoms with Crippen molar-refractivity contribution in [2.45, 2.75) is 45.2 Å². The number of hydrogen-bond donors (Lipinski definition) is 3. The minimum absolute atomic E-state index is 0.0557. The van der Waals surface area contributed by atoms with Gasteiger partial charge >= 0.3 is 0 Å². The summed E-state index contributed by atoms with van der Waals surface area (Å²) in [6.07, 6.45) is 2.23. The molecule has 5 nitrogen and oxygen atoms in total. The minimum atomic E-state index is -0.0657. The summed E-state index contributed by atoms with van der Waals surface area (Å²) in [7, 11) is 0. The molecule has 2 amide bonds. The van der Waals surface area contributed by atoms with Gasteiger partial charge in [-0.2, -0.15) is 0 Å². The van der Waals surface area contributed by atoms with Crippen molar-refractivity contribution in [3.8, 4) is 0 Å². The maximum absolute atomic E-state index is 12.2. The molecular weight excluding hydrogens is 230 g/mol. The zero-order valence-electron chi connectivity index (χ0n) is 11.2. The van der Waals surface area contributed by atoms with Crippen molar-refractivity contribution in [2.75, 3.05) is 13.1 Å². The molecule has 0 spiro atoms. The first-order valence-corrected chi connectivity index (χ1v) is 6.88. The molecule has 0 aromatic carbocycles. The van der Waals surface area contributed by atoms with Crippen molar-refractivity contribution in [3.63, 3.8) is 0 Å². The third-order valence-electron chi connectivity index (χ3n) is 4.16. The molecule has 0 aromatic heterocycles. The zero-order valence-corrected chi connectivity index (χ0v) is 11.2. The summed E-state index contributed by atoms with van der Waals surface area (Å²) in [6.45, 7) is 5.80. The van der Waals surface area contributed by atoms with Crippen molar-refractivity contribution in [3.05, 3.63) is 0 Å². The van der Waals surface area contributed by atoms with Crippen LogP contribution < -0.4 is 16.0 Å². The van der Waals surface area contributed by atoms with Crippen LogP contribution >= 0.6 is 0 Å². The van der Waals surface area contributed by atoms with Crippen LogP contribution in [0.2, 0.25) is 0 Å². The van der Waals surface area contributed by atoms with E-state index >= 15 is 0 Å². The average Bonchev–Trinajstić information content (AvgIpc) is 2.34. The monoisotopic (exact) mass is 253 g/mol. The first-order valence-electron chi connectivity index (χ1n) is 6.88. The van der Waals surface area contributed by atoms with Gasteiger partial charge in [0, 0.05) is 25.0 Å². The van der Waals surface area contributed by atoms with Gasteiger partial charge in [-0.1, -0.05) is 6.92 Å².